The van der Waals surface area contributed by atoms with E-state index in [1.807, 2.05) is 0 Å². The zero-order valence-corrected chi connectivity index (χ0v) is 10.1. The summed E-state index contributed by atoms with van der Waals surface area (Å²) in [6, 6.07) is 0. The zero-order chi connectivity index (χ0) is 14.1. The van der Waals surface area contributed by atoms with E-state index in [4.69, 9.17) is 14.9 Å². The van der Waals surface area contributed by atoms with Crippen LogP contribution in [0.5, 0.6) is 0 Å². The van der Waals surface area contributed by atoms with Crippen LogP contribution in [0.4, 0.5) is 0 Å². The van der Waals surface area contributed by atoms with E-state index < -0.39 is 17.9 Å². The third-order valence-corrected chi connectivity index (χ3v) is 1.97. The Morgan fingerprint density at radius 3 is 2.28 bits per heavy atom. The van der Waals surface area contributed by atoms with Gasteiger partial charge in [0.1, 0.15) is 0 Å². The van der Waals surface area contributed by atoms with E-state index >= 15 is 0 Å². The van der Waals surface area contributed by atoms with Crippen molar-refractivity contribution in [1.29, 1.82) is 0 Å². The van der Waals surface area contributed by atoms with Gasteiger partial charge in [-0.3, -0.25) is 4.79 Å². The molecule has 0 unspecified atom stereocenters. The Labute approximate surface area is 105 Å². The van der Waals surface area contributed by atoms with E-state index in [0.29, 0.717) is 0 Å². The van der Waals surface area contributed by atoms with Crippen LogP contribution in [0.3, 0.4) is 0 Å². The second-order valence-electron chi connectivity index (χ2n) is 3.63. The van der Waals surface area contributed by atoms with Crippen molar-refractivity contribution in [3.8, 4) is 0 Å². The minimum atomic E-state index is -1.16. The average Bonchev–Trinajstić information content (AvgIpc) is 2.26. The smallest absolute Gasteiger partial charge is 0.333 e. The summed E-state index contributed by atoms with van der Waals surface area (Å²) in [5, 5.41) is 17.3. The maximum atomic E-state index is 11.0. The van der Waals surface area contributed by atoms with E-state index in [2.05, 4.69) is 6.58 Å². The van der Waals surface area contributed by atoms with Gasteiger partial charge >= 0.3 is 17.9 Å². The number of hydrogen-bond donors (Lipinski definition) is 2. The molecule has 0 aromatic carbocycles. The van der Waals surface area contributed by atoms with Gasteiger partial charge in [-0.05, 0) is 13.3 Å². The molecule has 0 aliphatic carbocycles. The van der Waals surface area contributed by atoms with Gasteiger partial charge < -0.3 is 14.9 Å². The van der Waals surface area contributed by atoms with Crippen LogP contribution in [-0.4, -0.2) is 34.7 Å². The summed E-state index contributed by atoms with van der Waals surface area (Å²) in [6.07, 6.45) is 1.28. The molecule has 0 amide bonds. The largest absolute Gasteiger partial charge is 0.481 e. The van der Waals surface area contributed by atoms with Crippen molar-refractivity contribution >= 4 is 17.9 Å². The van der Waals surface area contributed by atoms with Crippen LogP contribution >= 0.6 is 0 Å². The Morgan fingerprint density at radius 1 is 1.22 bits per heavy atom. The molecular formula is C12H16O6. The third-order valence-electron chi connectivity index (χ3n) is 1.97. The van der Waals surface area contributed by atoms with E-state index in [1.54, 1.807) is 0 Å². The van der Waals surface area contributed by atoms with Gasteiger partial charge in [-0.2, -0.15) is 0 Å². The van der Waals surface area contributed by atoms with Crippen LogP contribution in [0.25, 0.3) is 0 Å². The van der Waals surface area contributed by atoms with E-state index in [9.17, 15) is 14.4 Å². The first-order valence-electron chi connectivity index (χ1n) is 5.31. The molecule has 0 saturated carbocycles. The summed E-state index contributed by atoms with van der Waals surface area (Å²) in [7, 11) is 0. The molecule has 0 heterocycles. The molecule has 0 fully saturated rings. The zero-order valence-electron chi connectivity index (χ0n) is 10.1. The number of carboxylic acid groups (broad SMARTS) is 2. The van der Waals surface area contributed by atoms with Gasteiger partial charge in [-0.1, -0.05) is 12.7 Å². The Hall–Kier alpha value is -2.11. The first kappa shape index (κ1) is 15.9. The summed E-state index contributed by atoms with van der Waals surface area (Å²) in [6.45, 7) is 4.94. The molecular weight excluding hydrogens is 240 g/mol. The summed E-state index contributed by atoms with van der Waals surface area (Å²) in [5.41, 5.74) is 0.270. The lowest BCUT2D eigenvalue weighted by molar-refractivity contribution is -0.139. The molecule has 0 bridgehead atoms. The fourth-order valence-corrected chi connectivity index (χ4v) is 1.05. The molecule has 0 spiro atoms. The fraction of sp³-hybridized carbons (Fsp3) is 0.417. The number of hydrogen-bond acceptors (Lipinski definition) is 4. The highest BCUT2D eigenvalue weighted by Crippen LogP contribution is 2.07. The number of ether oxygens (including phenoxy) is 1. The van der Waals surface area contributed by atoms with Crippen LogP contribution in [0.2, 0.25) is 0 Å². The SMILES string of the molecule is C=C(C)C(=O)OCCC=C(CCC(=O)O)C(=O)O. The van der Waals surface area contributed by atoms with Crippen LogP contribution in [0.1, 0.15) is 26.2 Å². The molecule has 0 aliphatic rings. The summed E-state index contributed by atoms with van der Waals surface area (Å²) >= 11 is 0. The maximum absolute atomic E-state index is 11.0. The predicted octanol–water partition coefficient (Wildman–Crippen LogP) is 1.37. The molecule has 18 heavy (non-hydrogen) atoms. The molecule has 0 atom stereocenters. The molecule has 0 saturated heterocycles. The first-order chi connectivity index (χ1) is 8.34. The van der Waals surface area contributed by atoms with Crippen molar-refractivity contribution in [2.45, 2.75) is 26.2 Å². The molecule has 0 rings (SSSR count). The standard InChI is InChI=1S/C12H16O6/c1-8(2)12(17)18-7-3-4-9(11(15)16)5-6-10(13)14/h4H,1,3,5-7H2,2H3,(H,13,14)(H,15,16). The lowest BCUT2D eigenvalue weighted by atomic mass is 10.1. The monoisotopic (exact) mass is 256 g/mol. The van der Waals surface area contributed by atoms with Gasteiger partial charge in [0.2, 0.25) is 0 Å². The fourth-order valence-electron chi connectivity index (χ4n) is 1.05. The van der Waals surface area contributed by atoms with Gasteiger partial charge in [0.15, 0.2) is 0 Å². The lowest BCUT2D eigenvalue weighted by Gasteiger charge is -2.03. The average molecular weight is 256 g/mol. The van der Waals surface area contributed by atoms with Crippen LogP contribution in [-0.2, 0) is 19.1 Å². The van der Waals surface area contributed by atoms with Crippen molar-refractivity contribution in [2.24, 2.45) is 0 Å². The maximum Gasteiger partial charge on any atom is 0.333 e. The Bertz CT molecular complexity index is 380. The molecule has 0 aromatic rings. The first-order valence-corrected chi connectivity index (χ1v) is 5.31. The number of carboxylic acids is 2. The van der Waals surface area contributed by atoms with E-state index in [1.165, 1.54) is 13.0 Å². The van der Waals surface area contributed by atoms with E-state index in [0.717, 1.165) is 0 Å². The minimum absolute atomic E-state index is 0.00349. The number of carbonyl (C=O) groups is 3. The van der Waals surface area contributed by atoms with Gasteiger partial charge in [0.05, 0.1) is 6.61 Å². The highest BCUT2D eigenvalue weighted by molar-refractivity contribution is 5.87. The van der Waals surface area contributed by atoms with Crippen LogP contribution in [0.15, 0.2) is 23.8 Å². The quantitative estimate of drug-likeness (QED) is 0.386. The Morgan fingerprint density at radius 2 is 1.83 bits per heavy atom. The van der Waals surface area contributed by atoms with Crippen molar-refractivity contribution < 1.29 is 29.3 Å². The van der Waals surface area contributed by atoms with Gasteiger partial charge in [0.25, 0.3) is 0 Å². The summed E-state index contributed by atoms with van der Waals surface area (Å²) in [5.74, 6) is -2.76. The third kappa shape index (κ3) is 7.21. The number of aliphatic carboxylic acids is 2. The van der Waals surface area contributed by atoms with Crippen molar-refractivity contribution in [2.75, 3.05) is 6.61 Å². The normalized spacial score (nSPS) is 10.8. The van der Waals surface area contributed by atoms with E-state index in [-0.39, 0.29) is 37.0 Å². The summed E-state index contributed by atoms with van der Waals surface area (Å²) in [4.78, 5) is 32.1. The highest BCUT2D eigenvalue weighted by atomic mass is 16.5. The van der Waals surface area contributed by atoms with Crippen molar-refractivity contribution in [1.82, 2.24) is 0 Å². The molecule has 6 heteroatoms. The predicted molar refractivity (Wildman–Crippen MR) is 63.0 cm³/mol. The number of carbonyl (C=O) groups excluding carboxylic acids is 1. The molecule has 2 N–H and O–H groups in total. The van der Waals surface area contributed by atoms with Gasteiger partial charge in [-0.15, -0.1) is 0 Å². The van der Waals surface area contributed by atoms with Crippen molar-refractivity contribution in [3.63, 3.8) is 0 Å². The molecule has 0 radical (unpaired) electrons. The summed E-state index contributed by atoms with van der Waals surface area (Å²) < 4.78 is 4.77. The second kappa shape index (κ2) is 8.05. The lowest BCUT2D eigenvalue weighted by Crippen LogP contribution is -2.07. The van der Waals surface area contributed by atoms with Gasteiger partial charge in [0, 0.05) is 24.0 Å². The van der Waals surface area contributed by atoms with Crippen LogP contribution in [0, 0.1) is 0 Å². The minimum Gasteiger partial charge on any atom is -0.481 e. The Kier molecular flexibility index (Phi) is 7.11. The number of esters is 1. The highest BCUT2D eigenvalue weighted by Gasteiger charge is 2.09. The molecule has 6 nitrogen and oxygen atoms in total. The topological polar surface area (TPSA) is 101 Å². The Balaban J connectivity index is 4.17. The van der Waals surface area contributed by atoms with Crippen molar-refractivity contribution in [3.05, 3.63) is 23.8 Å². The number of rotatable bonds is 8. The second-order valence-corrected chi connectivity index (χ2v) is 3.63. The molecule has 100 valence electrons. The van der Waals surface area contributed by atoms with Crippen LogP contribution < -0.4 is 0 Å². The molecule has 0 aromatic heterocycles. The van der Waals surface area contributed by atoms with Gasteiger partial charge in [-0.25, -0.2) is 9.59 Å². The molecule has 0 aliphatic heterocycles.